The number of anilines is 2. The van der Waals surface area contributed by atoms with E-state index in [-0.39, 0.29) is 30.0 Å². The molecule has 0 radical (unpaired) electrons. The van der Waals surface area contributed by atoms with Gasteiger partial charge in [-0.3, -0.25) is 48.7 Å². The normalized spacial score (nSPS) is 21.8. The lowest BCUT2D eigenvalue weighted by Gasteiger charge is -2.55. The zero-order chi connectivity index (χ0) is 39.7. The second-order valence-corrected chi connectivity index (χ2v) is 15.7. The number of hydrogen-bond donors (Lipinski definition) is 2. The topological polar surface area (TPSA) is 145 Å². The van der Waals surface area contributed by atoms with E-state index in [1.807, 2.05) is 12.3 Å². The molecule has 1 atom stereocenters. The van der Waals surface area contributed by atoms with Crippen LogP contribution in [0.4, 0.5) is 30.2 Å². The Kier molecular flexibility index (Phi) is 9.23. The molecule has 17 heteroatoms. The van der Waals surface area contributed by atoms with Crippen molar-refractivity contribution in [3.63, 3.8) is 0 Å². The van der Waals surface area contributed by atoms with Crippen LogP contribution in [0.15, 0.2) is 48.8 Å². The summed E-state index contributed by atoms with van der Waals surface area (Å²) >= 11 is 0. The van der Waals surface area contributed by atoms with Crippen molar-refractivity contribution < 1.29 is 37.1 Å². The summed E-state index contributed by atoms with van der Waals surface area (Å²) in [4.78, 5) is 75.2. The number of aromatic nitrogens is 2. The molecule has 0 spiro atoms. The van der Waals surface area contributed by atoms with Crippen LogP contribution >= 0.6 is 0 Å². The highest BCUT2D eigenvalue weighted by Gasteiger charge is 2.48. The highest BCUT2D eigenvalue weighted by atomic mass is 19.4. The highest BCUT2D eigenvalue weighted by Crippen LogP contribution is 2.40. The second kappa shape index (κ2) is 13.9. The van der Waals surface area contributed by atoms with Crippen molar-refractivity contribution in [3.8, 4) is 0 Å². The number of imide groups is 2. The molecule has 4 saturated heterocycles. The van der Waals surface area contributed by atoms with E-state index < -0.39 is 58.5 Å². The lowest BCUT2D eigenvalue weighted by molar-refractivity contribution is -0.137. The van der Waals surface area contributed by atoms with E-state index in [9.17, 15) is 37.1 Å². The van der Waals surface area contributed by atoms with Crippen molar-refractivity contribution in [1.29, 1.82) is 0 Å². The van der Waals surface area contributed by atoms with Crippen molar-refractivity contribution in [2.45, 2.75) is 75.3 Å². The minimum absolute atomic E-state index is 0.0552. The minimum atomic E-state index is -4.73. The van der Waals surface area contributed by atoms with E-state index in [0.717, 1.165) is 61.6 Å². The van der Waals surface area contributed by atoms with Gasteiger partial charge in [0, 0.05) is 56.6 Å². The zero-order valence-electron chi connectivity index (χ0n) is 30.8. The summed E-state index contributed by atoms with van der Waals surface area (Å²) in [5.74, 6) is -2.34. The number of carbonyl (C=O) groups is 5. The number of nitrogens with one attached hydrogen (secondary N) is 2. The number of nitrogens with zero attached hydrogens (tertiary/aromatic N) is 7. The number of benzene rings is 2. The molecule has 8 rings (SSSR count). The molecule has 0 bridgehead atoms. The molecule has 5 aliphatic heterocycles. The van der Waals surface area contributed by atoms with Crippen LogP contribution in [0.25, 0.3) is 4.85 Å². The Balaban J connectivity index is 0.814. The molecule has 3 aromatic rings. The Morgan fingerprint density at radius 2 is 1.66 bits per heavy atom. The fourth-order valence-corrected chi connectivity index (χ4v) is 8.44. The summed E-state index contributed by atoms with van der Waals surface area (Å²) in [6, 6.07) is 8.05. The number of fused-ring (bicyclic) bond motifs is 1. The summed E-state index contributed by atoms with van der Waals surface area (Å²) in [6.45, 7) is 15.4. The number of amides is 5. The third-order valence-corrected chi connectivity index (χ3v) is 12.0. The highest BCUT2D eigenvalue weighted by molar-refractivity contribution is 6.25. The first-order valence-electron chi connectivity index (χ1n) is 18.7. The SMILES string of the molecule is [C-]#[N+]c1ccc(NC(=O)C(C)(C)n2cc(C3CCN(C4CN(C5CN(c6cccc7c6C(=O)N(C6CCC(=O)NC6=O)C7=O)C5)C4)CC3)cn2)cc1C(F)(F)F. The minimum Gasteiger partial charge on any atom is -0.368 e. The number of carbonyl (C=O) groups excluding carboxylic acids is 5. The Morgan fingerprint density at radius 1 is 0.946 bits per heavy atom. The van der Waals surface area contributed by atoms with Gasteiger partial charge in [0.2, 0.25) is 11.8 Å². The van der Waals surface area contributed by atoms with Gasteiger partial charge in [0.15, 0.2) is 5.69 Å². The number of rotatable bonds is 8. The quantitative estimate of drug-likeness (QED) is 0.257. The van der Waals surface area contributed by atoms with E-state index in [0.29, 0.717) is 36.4 Å². The first-order valence-corrected chi connectivity index (χ1v) is 18.7. The van der Waals surface area contributed by atoms with E-state index in [1.54, 1.807) is 36.9 Å². The lowest BCUT2D eigenvalue weighted by atomic mass is 9.89. The molecule has 292 valence electrons. The maximum atomic E-state index is 13.5. The summed E-state index contributed by atoms with van der Waals surface area (Å²) in [6.07, 6.45) is 0.882. The van der Waals surface area contributed by atoms with Gasteiger partial charge in [0.05, 0.1) is 35.1 Å². The number of halogens is 3. The zero-order valence-corrected chi connectivity index (χ0v) is 30.8. The standard InChI is InChI=1S/C39H40F3N9O5/c1-38(2,37(56)45-24-7-8-29(43-3)28(15-24)39(40,41)42)50-17-23(16-44-50)22-11-13-47(14-12-22)25-18-48(19-25)26-20-49(21-26)30-6-4-5-27-33(30)36(55)51(35(27)54)31-9-10-32(52)46-34(31)53/h4-8,15-17,22,25-26,31H,9-14,18-21H2,1-2H3,(H,45,56)(H,46,52,53). The Morgan fingerprint density at radius 3 is 2.34 bits per heavy atom. The summed E-state index contributed by atoms with van der Waals surface area (Å²) in [5, 5.41) is 9.26. The molecular formula is C39H40F3N9O5. The third kappa shape index (κ3) is 6.49. The van der Waals surface area contributed by atoms with Crippen LogP contribution in [-0.4, -0.2) is 111 Å². The van der Waals surface area contributed by atoms with E-state index in [2.05, 4.69) is 35.3 Å². The van der Waals surface area contributed by atoms with Gasteiger partial charge in [-0.15, -0.1) is 0 Å². The van der Waals surface area contributed by atoms with Gasteiger partial charge in [-0.25, -0.2) is 4.85 Å². The Bertz CT molecular complexity index is 2180. The molecule has 5 amide bonds. The van der Waals surface area contributed by atoms with Gasteiger partial charge in [-0.2, -0.15) is 18.3 Å². The van der Waals surface area contributed by atoms with Crippen LogP contribution in [-0.2, 0) is 26.1 Å². The van der Waals surface area contributed by atoms with Gasteiger partial charge in [0.25, 0.3) is 17.7 Å². The van der Waals surface area contributed by atoms with Crippen molar-refractivity contribution >= 4 is 46.6 Å². The smallest absolute Gasteiger partial charge is 0.368 e. The molecule has 0 saturated carbocycles. The average molecular weight is 772 g/mol. The van der Waals surface area contributed by atoms with Crippen LogP contribution in [0.2, 0.25) is 0 Å². The van der Waals surface area contributed by atoms with Crippen LogP contribution < -0.4 is 15.5 Å². The predicted octanol–water partition coefficient (Wildman–Crippen LogP) is 3.98. The molecule has 5 aliphatic rings. The maximum absolute atomic E-state index is 13.5. The fourth-order valence-electron chi connectivity index (χ4n) is 8.44. The Labute approximate surface area is 320 Å². The average Bonchev–Trinajstić information content (AvgIpc) is 3.72. The summed E-state index contributed by atoms with van der Waals surface area (Å²) in [5.41, 5.74) is -0.615. The van der Waals surface area contributed by atoms with Crippen molar-refractivity contribution in [2.75, 3.05) is 49.5 Å². The van der Waals surface area contributed by atoms with Gasteiger partial charge in [0.1, 0.15) is 11.6 Å². The molecule has 0 aliphatic carbocycles. The number of hydrogen-bond acceptors (Lipinski definition) is 9. The molecule has 1 unspecified atom stereocenters. The largest absolute Gasteiger partial charge is 0.407 e. The monoisotopic (exact) mass is 771 g/mol. The van der Waals surface area contributed by atoms with E-state index in [1.165, 1.54) is 6.07 Å². The first-order chi connectivity index (χ1) is 26.6. The molecule has 2 aromatic carbocycles. The lowest BCUT2D eigenvalue weighted by Crippen LogP contribution is -2.70. The van der Waals surface area contributed by atoms with Gasteiger partial charge >= 0.3 is 6.18 Å². The molecule has 6 heterocycles. The number of piperidine rings is 2. The van der Waals surface area contributed by atoms with Crippen LogP contribution in [0.1, 0.15) is 77.3 Å². The fraction of sp³-hybridized carbons (Fsp3) is 0.462. The van der Waals surface area contributed by atoms with Gasteiger partial charge in [-0.1, -0.05) is 12.1 Å². The van der Waals surface area contributed by atoms with Crippen LogP contribution in [0.5, 0.6) is 0 Å². The molecular weight excluding hydrogens is 731 g/mol. The molecule has 2 N–H and O–H groups in total. The predicted molar refractivity (Wildman–Crippen MR) is 196 cm³/mol. The van der Waals surface area contributed by atoms with Crippen molar-refractivity contribution in [1.82, 2.24) is 29.8 Å². The van der Waals surface area contributed by atoms with E-state index in [4.69, 9.17) is 6.57 Å². The van der Waals surface area contributed by atoms with Crippen LogP contribution in [0, 0.1) is 6.57 Å². The summed E-state index contributed by atoms with van der Waals surface area (Å²) < 4.78 is 41.9. The molecule has 4 fully saturated rings. The molecule has 56 heavy (non-hydrogen) atoms. The third-order valence-electron chi connectivity index (χ3n) is 12.0. The van der Waals surface area contributed by atoms with Crippen LogP contribution in [0.3, 0.4) is 0 Å². The van der Waals surface area contributed by atoms with Crippen molar-refractivity contribution in [2.24, 2.45) is 0 Å². The Hall–Kier alpha value is -5.60. The maximum Gasteiger partial charge on any atom is 0.407 e. The number of alkyl halides is 3. The van der Waals surface area contributed by atoms with E-state index >= 15 is 0 Å². The molecule has 1 aromatic heterocycles. The summed E-state index contributed by atoms with van der Waals surface area (Å²) in [7, 11) is 0. The molecule has 14 nitrogen and oxygen atoms in total. The first kappa shape index (κ1) is 37.3. The van der Waals surface area contributed by atoms with Gasteiger partial charge in [-0.05, 0) is 81.9 Å². The van der Waals surface area contributed by atoms with Gasteiger partial charge < -0.3 is 10.2 Å². The second-order valence-electron chi connectivity index (χ2n) is 15.7. The van der Waals surface area contributed by atoms with Crippen molar-refractivity contribution in [3.05, 3.63) is 82.5 Å². The number of likely N-dealkylation sites (tertiary alicyclic amines) is 2.